The van der Waals surface area contributed by atoms with Crippen molar-refractivity contribution >= 4 is 15.9 Å². The third-order valence-corrected chi connectivity index (χ3v) is 6.82. The van der Waals surface area contributed by atoms with E-state index in [0.717, 1.165) is 17.7 Å². The Morgan fingerprint density at radius 1 is 1.00 bits per heavy atom. The fourth-order valence-electron chi connectivity index (χ4n) is 3.36. The topological polar surface area (TPSA) is 57.7 Å². The molecule has 7 heteroatoms. The highest BCUT2D eigenvalue weighted by molar-refractivity contribution is 7.89. The first-order valence-corrected chi connectivity index (χ1v) is 10.5. The van der Waals surface area contributed by atoms with Crippen molar-refractivity contribution < 1.29 is 17.6 Å². The Morgan fingerprint density at radius 2 is 1.59 bits per heavy atom. The number of sulfonamides is 1. The largest absolute Gasteiger partial charge is 0.340 e. The molecule has 1 heterocycles. The van der Waals surface area contributed by atoms with Crippen molar-refractivity contribution in [3.63, 3.8) is 0 Å². The van der Waals surface area contributed by atoms with Gasteiger partial charge in [0.05, 0.1) is 10.8 Å². The summed E-state index contributed by atoms with van der Waals surface area (Å²) < 4.78 is 39.8. The molecule has 2 aromatic rings. The van der Waals surface area contributed by atoms with Crippen molar-refractivity contribution in [2.75, 3.05) is 26.2 Å². The van der Waals surface area contributed by atoms with Crippen LogP contribution in [0.5, 0.6) is 0 Å². The molecule has 1 saturated heterocycles. The van der Waals surface area contributed by atoms with Gasteiger partial charge in [0.2, 0.25) is 15.9 Å². The van der Waals surface area contributed by atoms with E-state index >= 15 is 0 Å². The Kier molecular flexibility index (Phi) is 5.92. The lowest BCUT2D eigenvalue weighted by Gasteiger charge is -2.35. The lowest BCUT2D eigenvalue weighted by molar-refractivity contribution is -0.134. The molecule has 0 aliphatic carbocycles. The van der Waals surface area contributed by atoms with Crippen LogP contribution in [0.1, 0.15) is 24.8 Å². The summed E-state index contributed by atoms with van der Waals surface area (Å²) in [7, 11) is -3.68. The smallest absolute Gasteiger partial charge is 0.243 e. The van der Waals surface area contributed by atoms with Crippen LogP contribution >= 0.6 is 0 Å². The highest BCUT2D eigenvalue weighted by Gasteiger charge is 2.32. The molecule has 0 spiro atoms. The van der Waals surface area contributed by atoms with Crippen LogP contribution in [-0.2, 0) is 14.8 Å². The SMILES string of the molecule is CC[C@@H](C(=O)N1CCN(S(=O)(=O)c2ccc(F)cc2)CC1)c1ccccc1. The van der Waals surface area contributed by atoms with Crippen molar-refractivity contribution in [1.29, 1.82) is 0 Å². The number of amides is 1. The van der Waals surface area contributed by atoms with E-state index in [2.05, 4.69) is 0 Å². The summed E-state index contributed by atoms with van der Waals surface area (Å²) in [6.07, 6.45) is 0.691. The second kappa shape index (κ2) is 8.19. The molecule has 1 amide bonds. The molecule has 144 valence electrons. The Morgan fingerprint density at radius 3 is 2.15 bits per heavy atom. The molecule has 1 atom stereocenters. The van der Waals surface area contributed by atoms with Crippen LogP contribution in [0, 0.1) is 5.82 Å². The minimum atomic E-state index is -3.68. The average Bonchev–Trinajstić information content (AvgIpc) is 2.70. The Hall–Kier alpha value is -2.25. The standard InChI is InChI=1S/C20H23FN2O3S/c1-2-19(16-6-4-3-5-7-16)20(24)22-12-14-23(15-13-22)27(25,26)18-10-8-17(21)9-11-18/h3-11,19H,2,12-15H2,1H3/t19-/m1/s1. The molecule has 0 N–H and O–H groups in total. The van der Waals surface area contributed by atoms with Gasteiger partial charge in [-0.3, -0.25) is 4.79 Å². The van der Waals surface area contributed by atoms with Gasteiger partial charge in [-0.05, 0) is 36.2 Å². The number of hydrogen-bond acceptors (Lipinski definition) is 3. The van der Waals surface area contributed by atoms with Gasteiger partial charge in [0.15, 0.2) is 0 Å². The zero-order valence-electron chi connectivity index (χ0n) is 15.2. The predicted molar refractivity (Wildman–Crippen MR) is 101 cm³/mol. The normalized spacial score (nSPS) is 16.9. The van der Waals surface area contributed by atoms with Gasteiger partial charge in [0.1, 0.15) is 5.82 Å². The van der Waals surface area contributed by atoms with E-state index in [1.165, 1.54) is 16.4 Å². The van der Waals surface area contributed by atoms with E-state index < -0.39 is 15.8 Å². The minimum absolute atomic E-state index is 0.0301. The zero-order chi connectivity index (χ0) is 19.4. The van der Waals surface area contributed by atoms with Crippen molar-refractivity contribution in [3.8, 4) is 0 Å². The van der Waals surface area contributed by atoms with E-state index in [1.807, 2.05) is 37.3 Å². The predicted octanol–water partition coefficient (Wildman–Crippen LogP) is 2.85. The van der Waals surface area contributed by atoms with Gasteiger partial charge in [-0.15, -0.1) is 0 Å². The Labute approximate surface area is 159 Å². The number of piperazine rings is 1. The molecule has 1 aliphatic rings. The summed E-state index contributed by atoms with van der Waals surface area (Å²) in [6, 6.07) is 14.4. The molecule has 27 heavy (non-hydrogen) atoms. The number of nitrogens with zero attached hydrogens (tertiary/aromatic N) is 2. The molecule has 0 bridgehead atoms. The van der Waals surface area contributed by atoms with Gasteiger partial charge >= 0.3 is 0 Å². The van der Waals surface area contributed by atoms with Gasteiger partial charge in [0.25, 0.3) is 0 Å². The van der Waals surface area contributed by atoms with Crippen molar-refractivity contribution in [2.45, 2.75) is 24.2 Å². The fourth-order valence-corrected chi connectivity index (χ4v) is 4.79. The number of rotatable bonds is 5. The summed E-state index contributed by atoms with van der Waals surface area (Å²) in [5.74, 6) is -0.662. The number of benzene rings is 2. The van der Waals surface area contributed by atoms with Gasteiger partial charge < -0.3 is 4.90 Å². The maximum Gasteiger partial charge on any atom is 0.243 e. The van der Waals surface area contributed by atoms with Gasteiger partial charge in [-0.1, -0.05) is 37.3 Å². The average molecular weight is 390 g/mol. The summed E-state index contributed by atoms with van der Waals surface area (Å²) in [5, 5.41) is 0. The van der Waals surface area contributed by atoms with Gasteiger partial charge in [-0.25, -0.2) is 12.8 Å². The minimum Gasteiger partial charge on any atom is -0.340 e. The molecule has 5 nitrogen and oxygen atoms in total. The van der Waals surface area contributed by atoms with Crippen LogP contribution in [0.4, 0.5) is 4.39 Å². The molecule has 1 aliphatic heterocycles. The molecule has 0 saturated carbocycles. The lowest BCUT2D eigenvalue weighted by atomic mass is 9.95. The third-order valence-electron chi connectivity index (χ3n) is 4.91. The highest BCUT2D eigenvalue weighted by Crippen LogP contribution is 2.24. The number of carbonyl (C=O) groups excluding carboxylic acids is 1. The molecule has 1 fully saturated rings. The Balaban J connectivity index is 1.67. The molecular weight excluding hydrogens is 367 g/mol. The van der Waals surface area contributed by atoms with E-state index in [1.54, 1.807) is 4.90 Å². The van der Waals surface area contributed by atoms with Crippen LogP contribution in [-0.4, -0.2) is 49.7 Å². The fraction of sp³-hybridized carbons (Fsp3) is 0.350. The maximum absolute atomic E-state index is 13.1. The quantitative estimate of drug-likeness (QED) is 0.789. The summed E-state index contributed by atoms with van der Waals surface area (Å²) in [5.41, 5.74) is 0.978. The number of halogens is 1. The van der Waals surface area contributed by atoms with E-state index in [-0.39, 0.29) is 29.8 Å². The van der Waals surface area contributed by atoms with Crippen LogP contribution in [0.15, 0.2) is 59.5 Å². The van der Waals surface area contributed by atoms with Crippen LogP contribution in [0.25, 0.3) is 0 Å². The summed E-state index contributed by atoms with van der Waals surface area (Å²) >= 11 is 0. The first-order valence-electron chi connectivity index (χ1n) is 9.03. The first-order chi connectivity index (χ1) is 12.9. The van der Waals surface area contributed by atoms with E-state index in [9.17, 15) is 17.6 Å². The van der Waals surface area contributed by atoms with Gasteiger partial charge in [-0.2, -0.15) is 4.31 Å². The molecular formula is C20H23FN2O3S. The van der Waals surface area contributed by atoms with Gasteiger partial charge in [0, 0.05) is 26.2 Å². The lowest BCUT2D eigenvalue weighted by Crippen LogP contribution is -2.51. The van der Waals surface area contributed by atoms with Crippen LogP contribution in [0.2, 0.25) is 0 Å². The Bertz CT molecular complexity index is 877. The molecule has 0 radical (unpaired) electrons. The highest BCUT2D eigenvalue weighted by atomic mass is 32.2. The first kappa shape index (κ1) is 19.5. The van der Waals surface area contributed by atoms with Crippen LogP contribution in [0.3, 0.4) is 0 Å². The monoisotopic (exact) mass is 390 g/mol. The summed E-state index contributed by atoms with van der Waals surface area (Å²) in [4.78, 5) is 14.7. The second-order valence-corrected chi connectivity index (χ2v) is 8.49. The number of carbonyl (C=O) groups is 1. The van der Waals surface area contributed by atoms with Crippen molar-refractivity contribution in [1.82, 2.24) is 9.21 Å². The van der Waals surface area contributed by atoms with E-state index in [0.29, 0.717) is 19.5 Å². The third kappa shape index (κ3) is 4.20. The molecule has 2 aromatic carbocycles. The zero-order valence-corrected chi connectivity index (χ0v) is 16.0. The van der Waals surface area contributed by atoms with E-state index in [4.69, 9.17) is 0 Å². The molecule has 0 unspecified atom stereocenters. The number of hydrogen-bond donors (Lipinski definition) is 0. The molecule has 3 rings (SSSR count). The van der Waals surface area contributed by atoms with Crippen molar-refractivity contribution in [2.24, 2.45) is 0 Å². The molecule has 0 aromatic heterocycles. The van der Waals surface area contributed by atoms with Crippen molar-refractivity contribution in [3.05, 3.63) is 66.0 Å². The van der Waals surface area contributed by atoms with Crippen LogP contribution < -0.4 is 0 Å². The summed E-state index contributed by atoms with van der Waals surface area (Å²) in [6.45, 7) is 3.14. The maximum atomic E-state index is 13.1. The second-order valence-electron chi connectivity index (χ2n) is 6.55.